The number of fused-ring (bicyclic) bond motifs is 1. The van der Waals surface area contributed by atoms with Crippen LogP contribution in [0.5, 0.6) is 0 Å². The second kappa shape index (κ2) is 7.22. The lowest BCUT2D eigenvalue weighted by Gasteiger charge is -2.11. The average Bonchev–Trinajstić information content (AvgIpc) is 2.92. The zero-order valence-corrected chi connectivity index (χ0v) is 14.6. The van der Waals surface area contributed by atoms with Crippen molar-refractivity contribution in [3.8, 4) is 6.07 Å². The predicted molar refractivity (Wildman–Crippen MR) is 92.9 cm³/mol. The number of carbonyl (C=O) groups is 1. The molecule has 0 spiro atoms. The standard InChI is InChI=1S/C17H14ClF2N5O/c1-2-3-10-6-15(26)25-17(23-10)11(7-21)16(24-25)22-8-12-13(19)4-9(18)5-14(12)20/h4-5H,2-3,6,8H2,1H3,(H,22,24). The van der Waals surface area contributed by atoms with Crippen molar-refractivity contribution in [2.24, 2.45) is 4.99 Å². The van der Waals surface area contributed by atoms with Gasteiger partial charge < -0.3 is 5.32 Å². The van der Waals surface area contributed by atoms with Gasteiger partial charge in [0.05, 0.1) is 6.42 Å². The molecule has 0 bridgehead atoms. The van der Waals surface area contributed by atoms with E-state index in [1.165, 1.54) is 0 Å². The van der Waals surface area contributed by atoms with Crippen LogP contribution >= 0.6 is 11.6 Å². The topological polar surface area (TPSA) is 83.1 Å². The van der Waals surface area contributed by atoms with E-state index in [1.807, 2.05) is 13.0 Å². The Kier molecular flexibility index (Phi) is 5.00. The predicted octanol–water partition coefficient (Wildman–Crippen LogP) is 4.21. The zero-order valence-electron chi connectivity index (χ0n) is 13.8. The van der Waals surface area contributed by atoms with Gasteiger partial charge in [0, 0.05) is 22.8 Å². The maximum atomic E-state index is 13.9. The van der Waals surface area contributed by atoms with Crippen molar-refractivity contribution in [2.75, 3.05) is 5.32 Å². The molecule has 1 N–H and O–H groups in total. The van der Waals surface area contributed by atoms with Crippen LogP contribution in [-0.2, 0) is 6.54 Å². The number of nitrogens with one attached hydrogen (secondary N) is 1. The third-order valence-electron chi connectivity index (χ3n) is 3.91. The summed E-state index contributed by atoms with van der Waals surface area (Å²) in [5.41, 5.74) is 0.495. The van der Waals surface area contributed by atoms with Gasteiger partial charge in [-0.2, -0.15) is 9.94 Å². The number of aromatic nitrogens is 2. The molecule has 2 heterocycles. The van der Waals surface area contributed by atoms with Crippen LogP contribution < -0.4 is 5.32 Å². The number of carbonyl (C=O) groups excluding carboxylic acids is 1. The van der Waals surface area contributed by atoms with Crippen LogP contribution in [0.25, 0.3) is 0 Å². The SMILES string of the molecule is CCCC1=Nc2c(C#N)c(NCc3c(F)cc(Cl)cc3F)nn2C(=O)C1. The molecule has 0 radical (unpaired) electrons. The minimum atomic E-state index is -0.815. The van der Waals surface area contributed by atoms with E-state index in [-0.39, 0.29) is 46.7 Å². The molecule has 0 atom stereocenters. The molecule has 0 fully saturated rings. The Hall–Kier alpha value is -2.79. The molecule has 0 amide bonds. The Morgan fingerprint density at radius 3 is 2.69 bits per heavy atom. The minimum absolute atomic E-state index is 0.0473. The summed E-state index contributed by atoms with van der Waals surface area (Å²) in [7, 11) is 0. The molecule has 1 aliphatic rings. The van der Waals surface area contributed by atoms with Crippen molar-refractivity contribution in [1.29, 1.82) is 5.26 Å². The van der Waals surface area contributed by atoms with Gasteiger partial charge in [0.2, 0.25) is 0 Å². The molecule has 26 heavy (non-hydrogen) atoms. The fourth-order valence-corrected chi connectivity index (χ4v) is 2.89. The van der Waals surface area contributed by atoms with Gasteiger partial charge in [0.15, 0.2) is 11.6 Å². The van der Waals surface area contributed by atoms with Crippen molar-refractivity contribution in [1.82, 2.24) is 9.78 Å². The highest BCUT2D eigenvalue weighted by Gasteiger charge is 2.27. The van der Waals surface area contributed by atoms with E-state index >= 15 is 0 Å². The number of hydrogen-bond donors (Lipinski definition) is 1. The molecule has 9 heteroatoms. The fraction of sp³-hybridized carbons (Fsp3) is 0.294. The molecule has 6 nitrogen and oxygen atoms in total. The number of hydrogen-bond acceptors (Lipinski definition) is 5. The Labute approximate surface area is 153 Å². The van der Waals surface area contributed by atoms with Crippen LogP contribution in [0.4, 0.5) is 20.4 Å². The van der Waals surface area contributed by atoms with E-state index in [0.717, 1.165) is 23.2 Å². The van der Waals surface area contributed by atoms with Gasteiger partial charge >= 0.3 is 0 Å². The van der Waals surface area contributed by atoms with Crippen LogP contribution in [0.1, 0.15) is 42.1 Å². The molecule has 0 saturated heterocycles. The summed E-state index contributed by atoms with van der Waals surface area (Å²) in [5, 5.41) is 16.1. The molecule has 0 unspecified atom stereocenters. The van der Waals surface area contributed by atoms with Crippen molar-refractivity contribution >= 4 is 34.9 Å². The van der Waals surface area contributed by atoms with E-state index in [0.29, 0.717) is 12.1 Å². The molecule has 1 aromatic carbocycles. The van der Waals surface area contributed by atoms with Crippen molar-refractivity contribution in [3.63, 3.8) is 0 Å². The molecule has 2 aromatic rings. The Balaban J connectivity index is 1.93. The highest BCUT2D eigenvalue weighted by Crippen LogP contribution is 2.31. The summed E-state index contributed by atoms with van der Waals surface area (Å²) in [5.74, 6) is -1.74. The van der Waals surface area contributed by atoms with Gasteiger partial charge in [-0.1, -0.05) is 24.9 Å². The third kappa shape index (κ3) is 3.30. The van der Waals surface area contributed by atoms with E-state index in [1.54, 1.807) is 0 Å². The molecule has 1 aromatic heterocycles. The highest BCUT2D eigenvalue weighted by molar-refractivity contribution is 6.30. The van der Waals surface area contributed by atoms with Crippen molar-refractivity contribution < 1.29 is 13.6 Å². The summed E-state index contributed by atoms with van der Waals surface area (Å²) in [4.78, 5) is 16.6. The number of rotatable bonds is 5. The van der Waals surface area contributed by atoms with E-state index < -0.39 is 11.6 Å². The number of anilines is 1. The summed E-state index contributed by atoms with van der Waals surface area (Å²) in [6, 6.07) is 3.94. The Morgan fingerprint density at radius 1 is 1.38 bits per heavy atom. The lowest BCUT2D eigenvalue weighted by molar-refractivity contribution is 0.0906. The highest BCUT2D eigenvalue weighted by atomic mass is 35.5. The maximum Gasteiger partial charge on any atom is 0.254 e. The maximum absolute atomic E-state index is 13.9. The second-order valence-corrected chi connectivity index (χ2v) is 6.21. The Morgan fingerprint density at radius 2 is 2.08 bits per heavy atom. The monoisotopic (exact) mass is 377 g/mol. The first kappa shape index (κ1) is 18.0. The molecule has 134 valence electrons. The smallest absolute Gasteiger partial charge is 0.254 e. The van der Waals surface area contributed by atoms with E-state index in [4.69, 9.17) is 11.6 Å². The third-order valence-corrected chi connectivity index (χ3v) is 4.12. The fourth-order valence-electron chi connectivity index (χ4n) is 2.70. The molecule has 3 rings (SSSR count). The van der Waals surface area contributed by atoms with Gasteiger partial charge in [-0.15, -0.1) is 5.10 Å². The average molecular weight is 378 g/mol. The summed E-state index contributed by atoms with van der Waals surface area (Å²) >= 11 is 5.60. The molecule has 0 aliphatic carbocycles. The lowest BCUT2D eigenvalue weighted by atomic mass is 10.1. The normalized spacial score (nSPS) is 13.2. The zero-order chi connectivity index (χ0) is 18.8. The van der Waals surface area contributed by atoms with Gasteiger partial charge in [-0.05, 0) is 18.6 Å². The largest absolute Gasteiger partial charge is 0.363 e. The van der Waals surface area contributed by atoms with Gasteiger partial charge in [0.1, 0.15) is 23.3 Å². The lowest BCUT2D eigenvalue weighted by Crippen LogP contribution is -2.21. The summed E-state index contributed by atoms with van der Waals surface area (Å²) in [6.07, 6.45) is 1.60. The molecular weight excluding hydrogens is 364 g/mol. The number of benzene rings is 1. The second-order valence-electron chi connectivity index (χ2n) is 5.77. The Bertz CT molecular complexity index is 938. The van der Waals surface area contributed by atoms with Gasteiger partial charge in [-0.25, -0.2) is 13.8 Å². The first-order chi connectivity index (χ1) is 12.4. The quantitative estimate of drug-likeness (QED) is 0.845. The van der Waals surface area contributed by atoms with E-state index in [9.17, 15) is 18.8 Å². The van der Waals surface area contributed by atoms with Crippen molar-refractivity contribution in [2.45, 2.75) is 32.7 Å². The minimum Gasteiger partial charge on any atom is -0.363 e. The van der Waals surface area contributed by atoms with E-state index in [2.05, 4.69) is 15.4 Å². The van der Waals surface area contributed by atoms with Crippen LogP contribution in [0.2, 0.25) is 5.02 Å². The van der Waals surface area contributed by atoms with Gasteiger partial charge in [0.25, 0.3) is 5.91 Å². The van der Waals surface area contributed by atoms with Crippen LogP contribution in [0.3, 0.4) is 0 Å². The number of nitrogens with zero attached hydrogens (tertiary/aromatic N) is 4. The summed E-state index contributed by atoms with van der Waals surface area (Å²) in [6.45, 7) is 1.70. The molecular formula is C17H14ClF2N5O. The number of halogens is 3. The van der Waals surface area contributed by atoms with Crippen molar-refractivity contribution in [3.05, 3.63) is 39.9 Å². The first-order valence-corrected chi connectivity index (χ1v) is 8.32. The van der Waals surface area contributed by atoms with Gasteiger partial charge in [-0.3, -0.25) is 4.79 Å². The number of nitriles is 1. The molecule has 1 aliphatic heterocycles. The summed E-state index contributed by atoms with van der Waals surface area (Å²) < 4.78 is 28.8. The number of aliphatic imine (C=N–C) groups is 1. The molecule has 0 saturated carbocycles. The van der Waals surface area contributed by atoms with Crippen LogP contribution in [0.15, 0.2) is 17.1 Å². The van der Waals surface area contributed by atoms with Crippen LogP contribution in [-0.4, -0.2) is 21.4 Å². The van der Waals surface area contributed by atoms with Crippen LogP contribution in [0, 0.1) is 23.0 Å². The first-order valence-electron chi connectivity index (χ1n) is 7.94.